The molecule has 6 heteroatoms. The number of hydrogen-bond acceptors (Lipinski definition) is 4. The molecule has 1 fully saturated rings. The van der Waals surface area contributed by atoms with Crippen molar-refractivity contribution in [3.8, 4) is 5.75 Å². The predicted molar refractivity (Wildman–Crippen MR) is 98.6 cm³/mol. The highest BCUT2D eigenvalue weighted by atomic mass is 16.5. The Morgan fingerprint density at radius 2 is 1.89 bits per heavy atom. The van der Waals surface area contributed by atoms with Crippen LogP contribution in [0.15, 0.2) is 48.5 Å². The van der Waals surface area contributed by atoms with E-state index >= 15 is 0 Å². The second-order valence-electron chi connectivity index (χ2n) is 6.86. The Bertz CT molecular complexity index is 939. The van der Waals surface area contributed by atoms with E-state index < -0.39 is 11.6 Å². The van der Waals surface area contributed by atoms with Crippen LogP contribution in [0, 0.1) is 0 Å². The molecule has 0 aromatic heterocycles. The number of rotatable bonds is 4. The number of amides is 3. The molecule has 1 aliphatic heterocycles. The molecule has 0 unspecified atom stereocenters. The first-order valence-corrected chi connectivity index (χ1v) is 8.95. The molecule has 138 valence electrons. The van der Waals surface area contributed by atoms with E-state index in [1.54, 1.807) is 24.3 Å². The van der Waals surface area contributed by atoms with Crippen molar-refractivity contribution >= 4 is 17.7 Å². The number of carbonyl (C=O) groups is 3. The Morgan fingerprint density at radius 1 is 1.15 bits per heavy atom. The minimum absolute atomic E-state index is 0.311. The quantitative estimate of drug-likeness (QED) is 0.668. The minimum Gasteiger partial charge on any atom is -0.496 e. The molecule has 1 N–H and O–H groups in total. The Hall–Kier alpha value is -3.15. The Morgan fingerprint density at radius 3 is 2.70 bits per heavy atom. The average molecular weight is 364 g/mol. The molecule has 27 heavy (non-hydrogen) atoms. The van der Waals surface area contributed by atoms with E-state index in [-0.39, 0.29) is 18.2 Å². The molecular formula is C21H20N2O4. The first-order chi connectivity index (χ1) is 13.1. The van der Waals surface area contributed by atoms with Crippen LogP contribution < -0.4 is 10.1 Å². The number of methoxy groups -OCH3 is 1. The summed E-state index contributed by atoms with van der Waals surface area (Å²) >= 11 is 0. The third kappa shape index (κ3) is 2.68. The van der Waals surface area contributed by atoms with Crippen molar-refractivity contribution in [3.63, 3.8) is 0 Å². The van der Waals surface area contributed by atoms with Gasteiger partial charge < -0.3 is 10.1 Å². The van der Waals surface area contributed by atoms with Gasteiger partial charge in [-0.2, -0.15) is 0 Å². The smallest absolute Gasteiger partial charge is 0.325 e. The van der Waals surface area contributed by atoms with Gasteiger partial charge in [-0.1, -0.05) is 36.4 Å². The van der Waals surface area contributed by atoms with Crippen LogP contribution in [0.3, 0.4) is 0 Å². The molecule has 6 nitrogen and oxygen atoms in total. The van der Waals surface area contributed by atoms with Crippen LogP contribution in [0.2, 0.25) is 0 Å². The highest BCUT2D eigenvalue weighted by Crippen LogP contribution is 2.40. The topological polar surface area (TPSA) is 75.7 Å². The van der Waals surface area contributed by atoms with Crippen molar-refractivity contribution in [3.05, 3.63) is 65.2 Å². The molecular weight excluding hydrogens is 344 g/mol. The van der Waals surface area contributed by atoms with Gasteiger partial charge in [-0.05, 0) is 42.5 Å². The first kappa shape index (κ1) is 17.3. The fraction of sp³-hybridized carbons (Fsp3) is 0.286. The number of Topliss-reactive ketones (excluding diaryl/α,β-unsaturated/α-hetero) is 1. The molecule has 0 saturated carbocycles. The normalized spacial score (nSPS) is 21.1. The zero-order valence-corrected chi connectivity index (χ0v) is 15.0. The highest BCUT2D eigenvalue weighted by Gasteiger charge is 2.54. The summed E-state index contributed by atoms with van der Waals surface area (Å²) in [6, 6.07) is 13.9. The molecule has 1 saturated heterocycles. The zero-order valence-electron chi connectivity index (χ0n) is 15.0. The number of nitrogens with one attached hydrogen (secondary N) is 1. The van der Waals surface area contributed by atoms with Gasteiger partial charge in [0.1, 0.15) is 11.3 Å². The fourth-order valence-electron chi connectivity index (χ4n) is 4.06. The van der Waals surface area contributed by atoms with Crippen LogP contribution in [-0.4, -0.2) is 36.3 Å². The Balaban J connectivity index is 1.64. The van der Waals surface area contributed by atoms with Crippen molar-refractivity contribution in [1.29, 1.82) is 0 Å². The number of ether oxygens (including phenoxy) is 1. The van der Waals surface area contributed by atoms with E-state index in [0.29, 0.717) is 17.7 Å². The van der Waals surface area contributed by atoms with Crippen molar-refractivity contribution < 1.29 is 19.1 Å². The number of ketones is 1. The monoisotopic (exact) mass is 364 g/mol. The molecule has 4 rings (SSSR count). The maximum atomic E-state index is 13.2. The van der Waals surface area contributed by atoms with E-state index in [9.17, 15) is 14.4 Å². The predicted octanol–water partition coefficient (Wildman–Crippen LogP) is 2.66. The third-order valence-corrected chi connectivity index (χ3v) is 5.36. The number of carbonyl (C=O) groups excluding carboxylic acids is 3. The summed E-state index contributed by atoms with van der Waals surface area (Å²) in [6.07, 6.45) is 2.21. The molecule has 1 atom stereocenters. The summed E-state index contributed by atoms with van der Waals surface area (Å²) < 4.78 is 5.22. The van der Waals surface area contributed by atoms with Gasteiger partial charge in [0, 0.05) is 0 Å². The number of fused-ring (bicyclic) bond motifs is 2. The van der Waals surface area contributed by atoms with Crippen LogP contribution in [-0.2, 0) is 16.8 Å². The van der Waals surface area contributed by atoms with E-state index in [1.165, 1.54) is 7.11 Å². The van der Waals surface area contributed by atoms with Gasteiger partial charge in [-0.15, -0.1) is 0 Å². The van der Waals surface area contributed by atoms with Crippen molar-refractivity contribution in [1.82, 2.24) is 10.2 Å². The van der Waals surface area contributed by atoms with Crippen molar-refractivity contribution in [2.45, 2.75) is 24.8 Å². The van der Waals surface area contributed by atoms with Crippen LogP contribution in [0.25, 0.3) is 0 Å². The number of nitrogens with zero attached hydrogens (tertiary/aromatic N) is 1. The number of imide groups is 1. The maximum absolute atomic E-state index is 13.2. The number of benzene rings is 2. The maximum Gasteiger partial charge on any atom is 0.325 e. The van der Waals surface area contributed by atoms with Gasteiger partial charge in [0.25, 0.3) is 5.91 Å². The lowest BCUT2D eigenvalue weighted by Crippen LogP contribution is -2.46. The Kier molecular flexibility index (Phi) is 4.18. The van der Waals surface area contributed by atoms with Crippen LogP contribution >= 0.6 is 0 Å². The largest absolute Gasteiger partial charge is 0.496 e. The lowest BCUT2D eigenvalue weighted by molar-refractivity contribution is -0.131. The van der Waals surface area contributed by atoms with Gasteiger partial charge in [-0.25, -0.2) is 4.79 Å². The third-order valence-electron chi connectivity index (χ3n) is 5.36. The van der Waals surface area contributed by atoms with Crippen LogP contribution in [0.5, 0.6) is 5.75 Å². The molecule has 3 amide bonds. The van der Waals surface area contributed by atoms with Gasteiger partial charge in [-0.3, -0.25) is 14.5 Å². The summed E-state index contributed by atoms with van der Waals surface area (Å²) in [5.74, 6) is -0.271. The van der Waals surface area contributed by atoms with Gasteiger partial charge in [0.15, 0.2) is 5.78 Å². The van der Waals surface area contributed by atoms with E-state index in [2.05, 4.69) is 5.32 Å². The Labute approximate surface area is 157 Å². The zero-order chi connectivity index (χ0) is 19.0. The number of para-hydroxylation sites is 1. The highest BCUT2D eigenvalue weighted by molar-refractivity contribution is 6.12. The van der Waals surface area contributed by atoms with Crippen molar-refractivity contribution in [2.24, 2.45) is 0 Å². The SMILES string of the molecule is COc1ccccc1C(=O)CN1C(=O)N[C@@]2(CCCc3ccccc32)C1=O. The van der Waals surface area contributed by atoms with E-state index in [4.69, 9.17) is 4.74 Å². The average Bonchev–Trinajstić information content (AvgIpc) is 2.93. The van der Waals surface area contributed by atoms with Crippen LogP contribution in [0.4, 0.5) is 4.79 Å². The van der Waals surface area contributed by atoms with Gasteiger partial charge in [0.2, 0.25) is 0 Å². The summed E-state index contributed by atoms with van der Waals surface area (Å²) in [6.45, 7) is -0.311. The molecule has 0 radical (unpaired) electrons. The second kappa shape index (κ2) is 6.54. The second-order valence-corrected chi connectivity index (χ2v) is 6.86. The molecule has 1 aliphatic carbocycles. The van der Waals surface area contributed by atoms with Crippen molar-refractivity contribution in [2.75, 3.05) is 13.7 Å². The van der Waals surface area contributed by atoms with Gasteiger partial charge >= 0.3 is 6.03 Å². The molecule has 0 bridgehead atoms. The van der Waals surface area contributed by atoms with Gasteiger partial charge in [0.05, 0.1) is 19.2 Å². The number of hydrogen-bond donors (Lipinski definition) is 1. The molecule has 1 heterocycles. The molecule has 1 spiro atoms. The lowest BCUT2D eigenvalue weighted by atomic mass is 9.76. The molecule has 2 aromatic carbocycles. The summed E-state index contributed by atoms with van der Waals surface area (Å²) in [7, 11) is 1.48. The summed E-state index contributed by atoms with van der Waals surface area (Å²) in [4.78, 5) is 39.6. The fourth-order valence-corrected chi connectivity index (χ4v) is 4.06. The standard InChI is InChI=1S/C21H20N2O4/c1-27-18-11-5-3-9-15(18)17(24)13-23-19(25)21(22-20(23)26)12-6-8-14-7-2-4-10-16(14)21/h2-5,7,9-11H,6,8,12-13H2,1H3,(H,22,26)/t21-/m1/s1. The lowest BCUT2D eigenvalue weighted by Gasteiger charge is -2.33. The minimum atomic E-state index is -1.06. The number of urea groups is 1. The molecule has 2 aromatic rings. The molecule has 2 aliphatic rings. The number of aryl methyl sites for hydroxylation is 1. The van der Waals surface area contributed by atoms with E-state index in [0.717, 1.165) is 28.9 Å². The van der Waals surface area contributed by atoms with Crippen LogP contribution in [0.1, 0.15) is 34.3 Å². The summed E-state index contributed by atoms with van der Waals surface area (Å²) in [5, 5.41) is 2.86. The first-order valence-electron chi connectivity index (χ1n) is 8.95. The summed E-state index contributed by atoms with van der Waals surface area (Å²) in [5.41, 5.74) is 1.19. The van der Waals surface area contributed by atoms with E-state index in [1.807, 2.05) is 24.3 Å².